The maximum Gasteiger partial charge on any atom is 0.191 e. The van der Waals surface area contributed by atoms with E-state index in [1.165, 1.54) is 43.8 Å². The second kappa shape index (κ2) is 12.0. The molecular formula is C17H32IN5S. The molecule has 1 aromatic heterocycles. The largest absolute Gasteiger partial charge is 0.356 e. The van der Waals surface area contributed by atoms with Gasteiger partial charge in [0.15, 0.2) is 5.96 Å². The fraction of sp³-hybridized carbons (Fsp3) is 0.765. The van der Waals surface area contributed by atoms with Crippen LogP contribution in [0.5, 0.6) is 0 Å². The number of aryl methyl sites for hydroxylation is 1. The highest BCUT2D eigenvalue weighted by molar-refractivity contribution is 14.0. The molecule has 24 heavy (non-hydrogen) atoms. The fourth-order valence-corrected chi connectivity index (χ4v) is 3.69. The van der Waals surface area contributed by atoms with Gasteiger partial charge >= 0.3 is 0 Å². The Morgan fingerprint density at radius 1 is 1.33 bits per heavy atom. The summed E-state index contributed by atoms with van der Waals surface area (Å²) in [6, 6.07) is 0. The molecule has 2 heterocycles. The first-order valence-corrected chi connectivity index (χ1v) is 9.63. The number of aliphatic imine (C=N–C) groups is 1. The highest BCUT2D eigenvalue weighted by atomic mass is 127. The molecule has 0 radical (unpaired) electrons. The highest BCUT2D eigenvalue weighted by Crippen LogP contribution is 2.13. The summed E-state index contributed by atoms with van der Waals surface area (Å²) in [4.78, 5) is 12.7. The van der Waals surface area contributed by atoms with Crippen molar-refractivity contribution in [2.45, 2.75) is 46.1 Å². The van der Waals surface area contributed by atoms with Crippen molar-refractivity contribution in [2.24, 2.45) is 10.9 Å². The minimum absolute atomic E-state index is 0. The smallest absolute Gasteiger partial charge is 0.191 e. The lowest BCUT2D eigenvalue weighted by atomic mass is 10.1. The molecule has 2 rings (SSSR count). The Hall–Kier alpha value is -0.410. The third kappa shape index (κ3) is 7.65. The summed E-state index contributed by atoms with van der Waals surface area (Å²) in [6.45, 7) is 9.87. The van der Waals surface area contributed by atoms with Gasteiger partial charge in [-0.3, -0.25) is 4.99 Å². The molecule has 1 aliphatic heterocycles. The summed E-state index contributed by atoms with van der Waals surface area (Å²) in [5, 5.41) is 7.91. The van der Waals surface area contributed by atoms with Crippen molar-refractivity contribution in [3.8, 4) is 0 Å². The minimum atomic E-state index is 0. The van der Waals surface area contributed by atoms with Crippen LogP contribution < -0.4 is 10.6 Å². The second-order valence-electron chi connectivity index (χ2n) is 6.35. The minimum Gasteiger partial charge on any atom is -0.356 e. The number of aromatic nitrogens is 1. The molecule has 5 nitrogen and oxygen atoms in total. The van der Waals surface area contributed by atoms with Crippen molar-refractivity contribution in [1.29, 1.82) is 0 Å². The van der Waals surface area contributed by atoms with Crippen molar-refractivity contribution in [3.05, 3.63) is 16.1 Å². The van der Waals surface area contributed by atoms with Crippen LogP contribution in [0.4, 0.5) is 0 Å². The normalized spacial score (nSPS) is 17.2. The van der Waals surface area contributed by atoms with E-state index >= 15 is 0 Å². The van der Waals surface area contributed by atoms with Gasteiger partial charge < -0.3 is 15.5 Å². The van der Waals surface area contributed by atoms with Gasteiger partial charge in [-0.25, -0.2) is 4.98 Å². The lowest BCUT2D eigenvalue weighted by Crippen LogP contribution is -2.42. The number of piperidine rings is 1. The van der Waals surface area contributed by atoms with Crippen LogP contribution >= 0.6 is 35.3 Å². The SMILES string of the molecule is CCc1cnc(CNC(=NC)NCC(C)CN2CCCCC2)s1.I. The molecule has 0 aliphatic carbocycles. The first-order valence-electron chi connectivity index (χ1n) is 8.81. The summed E-state index contributed by atoms with van der Waals surface area (Å²) >= 11 is 1.77. The first kappa shape index (κ1) is 21.6. The number of nitrogens with one attached hydrogen (secondary N) is 2. The summed E-state index contributed by atoms with van der Waals surface area (Å²) in [6.07, 6.45) is 7.14. The van der Waals surface area contributed by atoms with E-state index in [0.717, 1.165) is 30.5 Å². The van der Waals surface area contributed by atoms with E-state index in [-0.39, 0.29) is 24.0 Å². The van der Waals surface area contributed by atoms with Gasteiger partial charge in [-0.15, -0.1) is 35.3 Å². The van der Waals surface area contributed by atoms with E-state index in [1.807, 2.05) is 13.2 Å². The third-order valence-corrected chi connectivity index (χ3v) is 5.36. The van der Waals surface area contributed by atoms with E-state index in [1.54, 1.807) is 11.3 Å². The van der Waals surface area contributed by atoms with Gasteiger partial charge in [-0.2, -0.15) is 0 Å². The van der Waals surface area contributed by atoms with E-state index in [0.29, 0.717) is 5.92 Å². The molecule has 0 saturated carbocycles. The van der Waals surface area contributed by atoms with Crippen LogP contribution in [0.15, 0.2) is 11.2 Å². The fourth-order valence-electron chi connectivity index (χ4n) is 2.89. The molecule has 0 spiro atoms. The van der Waals surface area contributed by atoms with Gasteiger partial charge in [0.1, 0.15) is 5.01 Å². The Bertz CT molecular complexity index is 485. The summed E-state index contributed by atoms with van der Waals surface area (Å²) in [7, 11) is 1.82. The van der Waals surface area contributed by atoms with Crippen LogP contribution in [-0.2, 0) is 13.0 Å². The average molecular weight is 465 g/mol. The standard InChI is InChI=1S/C17H31N5S.HI/c1-4-15-11-19-16(23-15)12-21-17(18-3)20-10-14(2)13-22-8-6-5-7-9-22;/h11,14H,4-10,12-13H2,1-3H3,(H2,18,20,21);1H. The maximum atomic E-state index is 4.43. The molecule has 0 amide bonds. The summed E-state index contributed by atoms with van der Waals surface area (Å²) in [5.74, 6) is 1.49. The molecule has 0 bridgehead atoms. The third-order valence-electron chi connectivity index (χ3n) is 4.22. The molecule has 7 heteroatoms. The van der Waals surface area contributed by atoms with Gasteiger partial charge in [0, 0.05) is 31.2 Å². The van der Waals surface area contributed by atoms with Crippen LogP contribution in [0, 0.1) is 5.92 Å². The lowest BCUT2D eigenvalue weighted by Gasteiger charge is -2.29. The van der Waals surface area contributed by atoms with E-state index in [2.05, 4.69) is 39.4 Å². The van der Waals surface area contributed by atoms with E-state index in [4.69, 9.17) is 0 Å². The van der Waals surface area contributed by atoms with Crippen LogP contribution in [0.2, 0.25) is 0 Å². The number of halogens is 1. The number of rotatable bonds is 7. The Morgan fingerprint density at radius 2 is 2.08 bits per heavy atom. The van der Waals surface area contributed by atoms with Gasteiger partial charge in [0.25, 0.3) is 0 Å². The number of likely N-dealkylation sites (tertiary alicyclic amines) is 1. The molecule has 1 saturated heterocycles. The zero-order valence-electron chi connectivity index (χ0n) is 15.2. The Morgan fingerprint density at radius 3 is 2.71 bits per heavy atom. The van der Waals surface area contributed by atoms with Crippen molar-refractivity contribution < 1.29 is 0 Å². The van der Waals surface area contributed by atoms with E-state index < -0.39 is 0 Å². The topological polar surface area (TPSA) is 52.6 Å². The van der Waals surface area contributed by atoms with Crippen molar-refractivity contribution in [2.75, 3.05) is 33.2 Å². The van der Waals surface area contributed by atoms with Crippen molar-refractivity contribution >= 4 is 41.3 Å². The number of hydrogen-bond acceptors (Lipinski definition) is 4. The van der Waals surface area contributed by atoms with Gasteiger partial charge in [0.05, 0.1) is 6.54 Å². The predicted octanol–water partition coefficient (Wildman–Crippen LogP) is 3.11. The zero-order chi connectivity index (χ0) is 16.5. The Kier molecular flexibility index (Phi) is 10.8. The maximum absolute atomic E-state index is 4.43. The van der Waals surface area contributed by atoms with E-state index in [9.17, 15) is 0 Å². The Labute approximate surface area is 167 Å². The van der Waals surface area contributed by atoms with Crippen LogP contribution in [0.3, 0.4) is 0 Å². The molecular weight excluding hydrogens is 433 g/mol. The van der Waals surface area contributed by atoms with Crippen LogP contribution in [-0.4, -0.2) is 49.1 Å². The molecule has 138 valence electrons. The van der Waals surface area contributed by atoms with Gasteiger partial charge in [-0.05, 0) is 38.3 Å². The molecule has 1 atom stereocenters. The quantitative estimate of drug-likeness (QED) is 0.369. The highest BCUT2D eigenvalue weighted by Gasteiger charge is 2.13. The first-order chi connectivity index (χ1) is 11.2. The predicted molar refractivity (Wildman–Crippen MR) is 115 cm³/mol. The zero-order valence-corrected chi connectivity index (χ0v) is 18.3. The molecule has 1 unspecified atom stereocenters. The number of guanidine groups is 1. The number of thiazole rings is 1. The molecule has 2 N–H and O–H groups in total. The van der Waals surface area contributed by atoms with Crippen LogP contribution in [0.25, 0.3) is 0 Å². The number of hydrogen-bond donors (Lipinski definition) is 2. The Balaban J connectivity index is 0.00000288. The molecule has 1 fully saturated rings. The average Bonchev–Trinajstić information content (AvgIpc) is 3.04. The van der Waals surface area contributed by atoms with Crippen molar-refractivity contribution in [3.63, 3.8) is 0 Å². The lowest BCUT2D eigenvalue weighted by molar-refractivity contribution is 0.201. The molecule has 1 aromatic rings. The monoisotopic (exact) mass is 465 g/mol. The second-order valence-corrected chi connectivity index (χ2v) is 7.55. The van der Waals surface area contributed by atoms with Gasteiger partial charge in [0.2, 0.25) is 0 Å². The number of nitrogens with zero attached hydrogens (tertiary/aromatic N) is 3. The molecule has 1 aliphatic rings. The molecule has 0 aromatic carbocycles. The van der Waals surface area contributed by atoms with Crippen LogP contribution in [0.1, 0.15) is 43.0 Å². The summed E-state index contributed by atoms with van der Waals surface area (Å²) in [5.41, 5.74) is 0. The van der Waals surface area contributed by atoms with Gasteiger partial charge in [-0.1, -0.05) is 20.3 Å². The van der Waals surface area contributed by atoms with Crippen molar-refractivity contribution in [1.82, 2.24) is 20.5 Å². The summed E-state index contributed by atoms with van der Waals surface area (Å²) < 4.78 is 0.